The van der Waals surface area contributed by atoms with Crippen molar-refractivity contribution in [2.24, 2.45) is 0 Å². The monoisotopic (exact) mass is 311 g/mol. The molecule has 1 aliphatic rings. The van der Waals surface area contributed by atoms with E-state index in [1.807, 2.05) is 18.7 Å². The number of aryl methyl sites for hydroxylation is 1. The van der Waals surface area contributed by atoms with Crippen molar-refractivity contribution in [3.8, 4) is 0 Å². The van der Waals surface area contributed by atoms with Gasteiger partial charge in [-0.3, -0.25) is 4.90 Å². The van der Waals surface area contributed by atoms with Gasteiger partial charge in [0.15, 0.2) is 5.82 Å². The molecule has 1 aliphatic heterocycles. The molecule has 1 aromatic rings. The maximum atomic E-state index is 12.3. The zero-order chi connectivity index (χ0) is 15.9. The van der Waals surface area contributed by atoms with Crippen molar-refractivity contribution in [1.82, 2.24) is 25.3 Å². The highest BCUT2D eigenvalue weighted by Crippen LogP contribution is 2.11. The molecule has 1 saturated heterocycles. The van der Waals surface area contributed by atoms with Crippen molar-refractivity contribution in [2.45, 2.75) is 26.3 Å². The Kier molecular flexibility index (Phi) is 6.14. The molecule has 22 heavy (non-hydrogen) atoms. The van der Waals surface area contributed by atoms with Gasteiger partial charge in [0, 0.05) is 46.3 Å². The van der Waals surface area contributed by atoms with Crippen LogP contribution in [-0.2, 0) is 11.2 Å². The molecule has 0 aliphatic carbocycles. The summed E-state index contributed by atoms with van der Waals surface area (Å²) in [6.07, 6.45) is 0.716. The van der Waals surface area contributed by atoms with Crippen LogP contribution in [0.2, 0.25) is 0 Å². The lowest BCUT2D eigenvalue weighted by atomic mass is 10.3. The van der Waals surface area contributed by atoms with Gasteiger partial charge in [-0.1, -0.05) is 12.1 Å². The average Bonchev–Trinajstić information content (AvgIpc) is 3.02. The number of carbonyl (C=O) groups excluding carboxylic acids is 1. The summed E-state index contributed by atoms with van der Waals surface area (Å²) in [4.78, 5) is 20.6. The molecular formula is C14H25N5O3. The van der Waals surface area contributed by atoms with Gasteiger partial charge >= 0.3 is 6.03 Å². The first-order valence-electron chi connectivity index (χ1n) is 7.73. The fourth-order valence-electron chi connectivity index (χ4n) is 2.32. The third-order valence-corrected chi connectivity index (χ3v) is 3.78. The Bertz CT molecular complexity index is 471. The normalized spacial score (nSPS) is 17.5. The second kappa shape index (κ2) is 8.09. The van der Waals surface area contributed by atoms with Crippen LogP contribution in [0.5, 0.6) is 0 Å². The zero-order valence-corrected chi connectivity index (χ0v) is 13.5. The van der Waals surface area contributed by atoms with E-state index in [9.17, 15) is 4.79 Å². The van der Waals surface area contributed by atoms with E-state index >= 15 is 0 Å². The Morgan fingerprint density at radius 3 is 2.73 bits per heavy atom. The second-order valence-corrected chi connectivity index (χ2v) is 5.40. The molecule has 1 N–H and O–H groups in total. The molecule has 8 nitrogen and oxygen atoms in total. The van der Waals surface area contributed by atoms with E-state index in [-0.39, 0.29) is 12.1 Å². The van der Waals surface area contributed by atoms with Gasteiger partial charge in [-0.15, -0.1) is 0 Å². The minimum absolute atomic E-state index is 0.0878. The predicted octanol–water partition coefficient (Wildman–Crippen LogP) is 0.667. The lowest BCUT2D eigenvalue weighted by Gasteiger charge is -2.34. The Labute approximate surface area is 130 Å². The van der Waals surface area contributed by atoms with E-state index in [1.54, 1.807) is 7.11 Å². The Balaban J connectivity index is 1.78. The molecule has 0 aromatic carbocycles. The van der Waals surface area contributed by atoms with E-state index in [1.165, 1.54) is 0 Å². The third-order valence-electron chi connectivity index (χ3n) is 3.78. The highest BCUT2D eigenvalue weighted by Gasteiger charge is 2.23. The van der Waals surface area contributed by atoms with Crippen molar-refractivity contribution >= 4 is 6.03 Å². The number of urea groups is 1. The first kappa shape index (κ1) is 16.7. The van der Waals surface area contributed by atoms with E-state index in [0.717, 1.165) is 26.2 Å². The summed E-state index contributed by atoms with van der Waals surface area (Å²) < 4.78 is 10.2. The molecular weight excluding hydrogens is 286 g/mol. The number of hydrogen-bond donors (Lipinski definition) is 1. The first-order valence-corrected chi connectivity index (χ1v) is 7.73. The lowest BCUT2D eigenvalue weighted by molar-refractivity contribution is 0.105. The molecule has 1 aromatic heterocycles. The van der Waals surface area contributed by atoms with Crippen LogP contribution in [-0.4, -0.2) is 72.4 Å². The summed E-state index contributed by atoms with van der Waals surface area (Å²) in [6, 6.07) is -0.373. The minimum atomic E-state index is -0.285. The number of nitrogens with zero attached hydrogens (tertiary/aromatic N) is 4. The summed E-state index contributed by atoms with van der Waals surface area (Å²) >= 11 is 0. The molecule has 8 heteroatoms. The molecule has 2 heterocycles. The van der Waals surface area contributed by atoms with E-state index in [4.69, 9.17) is 9.26 Å². The highest BCUT2D eigenvalue weighted by molar-refractivity contribution is 5.74. The van der Waals surface area contributed by atoms with Gasteiger partial charge in [0.25, 0.3) is 0 Å². The van der Waals surface area contributed by atoms with Crippen LogP contribution >= 0.6 is 0 Å². The highest BCUT2D eigenvalue weighted by atomic mass is 16.5. The van der Waals surface area contributed by atoms with Gasteiger partial charge in [-0.2, -0.15) is 4.98 Å². The van der Waals surface area contributed by atoms with Gasteiger partial charge in [0.2, 0.25) is 5.89 Å². The number of piperazine rings is 1. The second-order valence-electron chi connectivity index (χ2n) is 5.40. The van der Waals surface area contributed by atoms with Crippen molar-refractivity contribution in [2.75, 3.05) is 46.4 Å². The fraction of sp³-hybridized carbons (Fsp3) is 0.786. The summed E-state index contributed by atoms with van der Waals surface area (Å²) in [5, 5.41) is 6.75. The van der Waals surface area contributed by atoms with Gasteiger partial charge in [-0.05, 0) is 6.92 Å². The average molecular weight is 311 g/mol. The molecule has 0 spiro atoms. The largest absolute Gasteiger partial charge is 0.383 e. The van der Waals surface area contributed by atoms with Gasteiger partial charge in [-0.25, -0.2) is 4.79 Å². The Morgan fingerprint density at radius 1 is 1.41 bits per heavy atom. The molecule has 2 rings (SSSR count). The fourth-order valence-corrected chi connectivity index (χ4v) is 2.32. The molecule has 1 atom stereocenters. The van der Waals surface area contributed by atoms with Crippen molar-refractivity contribution < 1.29 is 14.1 Å². The maximum Gasteiger partial charge on any atom is 0.318 e. The van der Waals surface area contributed by atoms with Crippen molar-refractivity contribution in [3.63, 3.8) is 0 Å². The number of amides is 2. The standard InChI is InChI=1S/C14H25N5O3/c1-4-12-16-13(22-17-12)11(2)15-14(20)19-7-5-18(6-8-19)9-10-21-3/h11H,4-10H2,1-3H3,(H,15,20)/t11-/m1/s1. The first-order chi connectivity index (χ1) is 10.6. The maximum absolute atomic E-state index is 12.3. The van der Waals surface area contributed by atoms with Crippen LogP contribution in [0.1, 0.15) is 31.6 Å². The molecule has 2 amide bonds. The molecule has 0 radical (unpaired) electrons. The zero-order valence-electron chi connectivity index (χ0n) is 13.5. The number of hydrogen-bond acceptors (Lipinski definition) is 6. The summed E-state index contributed by atoms with van der Waals surface area (Å²) in [7, 11) is 1.70. The van der Waals surface area contributed by atoms with Crippen LogP contribution in [0.15, 0.2) is 4.52 Å². The van der Waals surface area contributed by atoms with Crippen molar-refractivity contribution in [1.29, 1.82) is 0 Å². The van der Waals surface area contributed by atoms with E-state index in [2.05, 4.69) is 20.4 Å². The topological polar surface area (TPSA) is 83.7 Å². The van der Waals surface area contributed by atoms with Gasteiger partial charge in [0.1, 0.15) is 6.04 Å². The van der Waals surface area contributed by atoms with Crippen LogP contribution in [0.3, 0.4) is 0 Å². The number of aromatic nitrogens is 2. The summed E-state index contributed by atoms with van der Waals surface area (Å²) in [6.45, 7) is 8.60. The molecule has 124 valence electrons. The molecule has 0 unspecified atom stereocenters. The van der Waals surface area contributed by atoms with Crippen LogP contribution in [0.4, 0.5) is 4.79 Å². The van der Waals surface area contributed by atoms with Gasteiger partial charge < -0.3 is 19.5 Å². The van der Waals surface area contributed by atoms with E-state index in [0.29, 0.717) is 31.2 Å². The smallest absolute Gasteiger partial charge is 0.318 e. The van der Waals surface area contributed by atoms with Crippen LogP contribution in [0.25, 0.3) is 0 Å². The number of methoxy groups -OCH3 is 1. The number of nitrogens with one attached hydrogen (secondary N) is 1. The van der Waals surface area contributed by atoms with E-state index < -0.39 is 0 Å². The summed E-state index contributed by atoms with van der Waals surface area (Å²) in [5.41, 5.74) is 0. The summed E-state index contributed by atoms with van der Waals surface area (Å²) in [5.74, 6) is 1.10. The van der Waals surface area contributed by atoms with Crippen LogP contribution < -0.4 is 5.32 Å². The minimum Gasteiger partial charge on any atom is -0.383 e. The van der Waals surface area contributed by atoms with Crippen molar-refractivity contribution in [3.05, 3.63) is 11.7 Å². The quantitative estimate of drug-likeness (QED) is 0.831. The molecule has 0 bridgehead atoms. The van der Waals surface area contributed by atoms with Gasteiger partial charge in [0.05, 0.1) is 6.61 Å². The van der Waals surface area contributed by atoms with Crippen LogP contribution in [0, 0.1) is 0 Å². The molecule has 0 saturated carbocycles. The predicted molar refractivity (Wildman–Crippen MR) is 80.5 cm³/mol. The number of rotatable bonds is 6. The SMILES string of the molecule is CCc1noc([C@@H](C)NC(=O)N2CCN(CCOC)CC2)n1. The Morgan fingerprint density at radius 2 is 2.14 bits per heavy atom. The number of carbonyl (C=O) groups is 1. The molecule has 1 fully saturated rings. The Hall–Kier alpha value is -1.67. The lowest BCUT2D eigenvalue weighted by Crippen LogP contribution is -2.52. The number of ether oxygens (including phenoxy) is 1. The third kappa shape index (κ3) is 4.41.